The molecule has 0 atom stereocenters. The maximum Gasteiger partial charge on any atom is 0.0704 e. The Labute approximate surface area is 93.3 Å². The fraction of sp³-hybridized carbons (Fsp3) is 1.00. The Morgan fingerprint density at radius 3 is 2.40 bits per heavy atom. The second kappa shape index (κ2) is 7.20. The van der Waals surface area contributed by atoms with E-state index >= 15 is 0 Å². The molecule has 15 heavy (non-hydrogen) atoms. The van der Waals surface area contributed by atoms with E-state index in [1.54, 1.807) is 0 Å². The summed E-state index contributed by atoms with van der Waals surface area (Å²) in [5.74, 6) is 0.609. The first-order chi connectivity index (χ1) is 7.18. The van der Waals surface area contributed by atoms with Crippen LogP contribution in [-0.2, 0) is 9.47 Å². The number of ether oxygens (including phenoxy) is 2. The average Bonchev–Trinajstić information content (AvgIpc) is 2.20. The highest BCUT2D eigenvalue weighted by Gasteiger charge is 2.18. The topological polar surface area (TPSA) is 44.5 Å². The molecule has 2 N–H and O–H groups in total. The molecule has 0 aromatic heterocycles. The van der Waals surface area contributed by atoms with Gasteiger partial charge in [-0.3, -0.25) is 0 Å². The summed E-state index contributed by atoms with van der Waals surface area (Å²) in [5.41, 5.74) is 5.83. The fourth-order valence-corrected chi connectivity index (χ4v) is 1.85. The van der Waals surface area contributed by atoms with Gasteiger partial charge in [0.05, 0.1) is 19.3 Å². The third kappa shape index (κ3) is 6.13. The predicted octanol–water partition coefficient (Wildman–Crippen LogP) is 1.95. The normalized spacial score (nSPS) is 27.2. The maximum absolute atomic E-state index is 5.83. The lowest BCUT2D eigenvalue weighted by molar-refractivity contribution is -0.0160. The molecule has 0 saturated heterocycles. The van der Waals surface area contributed by atoms with Gasteiger partial charge in [0.2, 0.25) is 0 Å². The van der Waals surface area contributed by atoms with E-state index in [-0.39, 0.29) is 0 Å². The SMILES string of the molecule is CC(C)COCCOC1CCC(N)CC1. The van der Waals surface area contributed by atoms with E-state index in [0.717, 1.165) is 45.5 Å². The van der Waals surface area contributed by atoms with E-state index in [1.807, 2.05) is 0 Å². The number of rotatable bonds is 6. The van der Waals surface area contributed by atoms with Crippen LogP contribution in [0.5, 0.6) is 0 Å². The average molecular weight is 215 g/mol. The van der Waals surface area contributed by atoms with Crippen LogP contribution in [0.3, 0.4) is 0 Å². The summed E-state index contributed by atoms with van der Waals surface area (Å²) < 4.78 is 11.2. The van der Waals surface area contributed by atoms with Crippen LogP contribution in [0.4, 0.5) is 0 Å². The molecule has 0 amide bonds. The van der Waals surface area contributed by atoms with Crippen molar-refractivity contribution in [1.29, 1.82) is 0 Å². The van der Waals surface area contributed by atoms with Gasteiger partial charge in [0.15, 0.2) is 0 Å². The van der Waals surface area contributed by atoms with Gasteiger partial charge in [-0.1, -0.05) is 13.8 Å². The molecule has 3 heteroatoms. The zero-order chi connectivity index (χ0) is 11.1. The summed E-state index contributed by atoms with van der Waals surface area (Å²) in [4.78, 5) is 0. The van der Waals surface area contributed by atoms with Crippen LogP contribution >= 0.6 is 0 Å². The first kappa shape index (κ1) is 12.9. The summed E-state index contributed by atoms with van der Waals surface area (Å²) >= 11 is 0. The summed E-state index contributed by atoms with van der Waals surface area (Å²) in [7, 11) is 0. The Balaban J connectivity index is 1.91. The second-order valence-electron chi connectivity index (χ2n) is 4.88. The monoisotopic (exact) mass is 215 g/mol. The molecule has 0 aliphatic heterocycles. The minimum absolute atomic E-state index is 0.405. The highest BCUT2D eigenvalue weighted by atomic mass is 16.5. The molecule has 1 saturated carbocycles. The molecule has 0 heterocycles. The molecule has 1 fully saturated rings. The summed E-state index contributed by atoms with van der Waals surface area (Å²) in [6.45, 7) is 6.60. The van der Waals surface area contributed by atoms with Gasteiger partial charge in [-0.05, 0) is 31.6 Å². The maximum atomic E-state index is 5.83. The number of nitrogens with two attached hydrogens (primary N) is 1. The Morgan fingerprint density at radius 2 is 1.80 bits per heavy atom. The van der Waals surface area contributed by atoms with Crippen molar-refractivity contribution >= 4 is 0 Å². The molecule has 0 radical (unpaired) electrons. The molecule has 0 aromatic carbocycles. The minimum atomic E-state index is 0.405. The van der Waals surface area contributed by atoms with Gasteiger partial charge in [-0.25, -0.2) is 0 Å². The van der Waals surface area contributed by atoms with Crippen molar-refractivity contribution in [1.82, 2.24) is 0 Å². The van der Waals surface area contributed by atoms with E-state index in [9.17, 15) is 0 Å². The summed E-state index contributed by atoms with van der Waals surface area (Å²) in [5, 5.41) is 0. The van der Waals surface area contributed by atoms with Crippen molar-refractivity contribution in [3.05, 3.63) is 0 Å². The molecule has 1 aliphatic rings. The molecule has 90 valence electrons. The lowest BCUT2D eigenvalue weighted by Crippen LogP contribution is -2.30. The standard InChI is InChI=1S/C12H25NO2/c1-10(2)9-14-7-8-15-12-5-3-11(13)4-6-12/h10-12H,3-9,13H2,1-2H3. The van der Waals surface area contributed by atoms with Crippen molar-refractivity contribution in [2.75, 3.05) is 19.8 Å². The molecule has 3 nitrogen and oxygen atoms in total. The Hall–Kier alpha value is -0.120. The minimum Gasteiger partial charge on any atom is -0.379 e. The van der Waals surface area contributed by atoms with Crippen LogP contribution in [0.2, 0.25) is 0 Å². The van der Waals surface area contributed by atoms with Gasteiger partial charge in [-0.2, -0.15) is 0 Å². The van der Waals surface area contributed by atoms with E-state index in [4.69, 9.17) is 15.2 Å². The van der Waals surface area contributed by atoms with Crippen LogP contribution < -0.4 is 5.73 Å². The number of hydrogen-bond acceptors (Lipinski definition) is 3. The van der Waals surface area contributed by atoms with Gasteiger partial charge in [0.25, 0.3) is 0 Å². The van der Waals surface area contributed by atoms with Gasteiger partial charge in [0, 0.05) is 12.6 Å². The third-order valence-electron chi connectivity index (χ3n) is 2.75. The Morgan fingerprint density at radius 1 is 1.13 bits per heavy atom. The molecule has 1 rings (SSSR count). The molecule has 1 aliphatic carbocycles. The zero-order valence-corrected chi connectivity index (χ0v) is 10.1. The number of hydrogen-bond donors (Lipinski definition) is 1. The highest BCUT2D eigenvalue weighted by Crippen LogP contribution is 2.19. The van der Waals surface area contributed by atoms with Gasteiger partial charge < -0.3 is 15.2 Å². The molecular weight excluding hydrogens is 190 g/mol. The summed E-state index contributed by atoms with van der Waals surface area (Å²) in [6, 6.07) is 0.405. The van der Waals surface area contributed by atoms with Crippen LogP contribution in [0.1, 0.15) is 39.5 Å². The Kier molecular flexibility index (Phi) is 6.22. The van der Waals surface area contributed by atoms with Crippen molar-refractivity contribution < 1.29 is 9.47 Å². The van der Waals surface area contributed by atoms with Gasteiger partial charge >= 0.3 is 0 Å². The zero-order valence-electron chi connectivity index (χ0n) is 10.1. The van der Waals surface area contributed by atoms with Crippen LogP contribution in [-0.4, -0.2) is 32.0 Å². The smallest absolute Gasteiger partial charge is 0.0704 e. The first-order valence-electron chi connectivity index (χ1n) is 6.13. The van der Waals surface area contributed by atoms with Crippen molar-refractivity contribution in [2.24, 2.45) is 11.7 Å². The second-order valence-corrected chi connectivity index (χ2v) is 4.88. The Bertz CT molecular complexity index is 154. The largest absolute Gasteiger partial charge is 0.379 e. The molecule has 0 spiro atoms. The predicted molar refractivity (Wildman–Crippen MR) is 61.8 cm³/mol. The van der Waals surface area contributed by atoms with E-state index in [0.29, 0.717) is 18.1 Å². The van der Waals surface area contributed by atoms with Crippen molar-refractivity contribution in [3.63, 3.8) is 0 Å². The van der Waals surface area contributed by atoms with Crippen LogP contribution in [0, 0.1) is 5.92 Å². The van der Waals surface area contributed by atoms with Gasteiger partial charge in [-0.15, -0.1) is 0 Å². The molecular formula is C12H25NO2. The molecule has 0 unspecified atom stereocenters. The van der Waals surface area contributed by atoms with E-state index in [2.05, 4.69) is 13.8 Å². The highest BCUT2D eigenvalue weighted by molar-refractivity contribution is 4.74. The first-order valence-corrected chi connectivity index (χ1v) is 6.13. The third-order valence-corrected chi connectivity index (χ3v) is 2.75. The van der Waals surface area contributed by atoms with Crippen molar-refractivity contribution in [2.45, 2.75) is 51.7 Å². The van der Waals surface area contributed by atoms with Gasteiger partial charge in [0.1, 0.15) is 0 Å². The van der Waals surface area contributed by atoms with E-state index < -0.39 is 0 Å². The molecule has 0 aromatic rings. The lowest BCUT2D eigenvalue weighted by Gasteiger charge is -2.26. The summed E-state index contributed by atoms with van der Waals surface area (Å²) in [6.07, 6.45) is 4.87. The van der Waals surface area contributed by atoms with E-state index in [1.165, 1.54) is 0 Å². The van der Waals surface area contributed by atoms with Crippen LogP contribution in [0.15, 0.2) is 0 Å². The molecule has 0 bridgehead atoms. The lowest BCUT2D eigenvalue weighted by atomic mass is 9.94. The van der Waals surface area contributed by atoms with Crippen molar-refractivity contribution in [3.8, 4) is 0 Å². The van der Waals surface area contributed by atoms with Crippen LogP contribution in [0.25, 0.3) is 0 Å². The fourth-order valence-electron chi connectivity index (χ4n) is 1.85. The quantitative estimate of drug-likeness (QED) is 0.689.